The fourth-order valence-corrected chi connectivity index (χ4v) is 4.62. The molecule has 0 aromatic heterocycles. The number of piperidine rings is 1. The van der Waals surface area contributed by atoms with Crippen molar-refractivity contribution < 1.29 is 18.3 Å². The van der Waals surface area contributed by atoms with E-state index in [9.17, 15) is 13.6 Å². The van der Waals surface area contributed by atoms with Gasteiger partial charge >= 0.3 is 0 Å². The molecule has 1 aliphatic heterocycles. The third kappa shape index (κ3) is 7.14. The smallest absolute Gasteiger partial charge is 0.226 e. The Bertz CT molecular complexity index is 1140. The molecule has 1 saturated heterocycles. The Kier molecular flexibility index (Phi) is 8.70. The van der Waals surface area contributed by atoms with Gasteiger partial charge in [-0.15, -0.1) is 0 Å². The number of nitrogens with zero attached hydrogens (tertiary/aromatic N) is 1. The second-order valence-electron chi connectivity index (χ2n) is 9.79. The number of nitrogens with one attached hydrogen (secondary N) is 1. The van der Waals surface area contributed by atoms with Gasteiger partial charge in [0.25, 0.3) is 0 Å². The number of ether oxygens (including phenoxy) is 1. The van der Waals surface area contributed by atoms with Crippen LogP contribution in [0.5, 0.6) is 5.75 Å². The number of rotatable bonds is 9. The third-order valence-corrected chi connectivity index (χ3v) is 6.76. The number of hydrogen-bond donors (Lipinski definition) is 1. The van der Waals surface area contributed by atoms with Gasteiger partial charge in [0, 0.05) is 30.6 Å². The lowest BCUT2D eigenvalue weighted by Crippen LogP contribution is -2.34. The second-order valence-corrected chi connectivity index (χ2v) is 9.79. The molecule has 36 heavy (non-hydrogen) atoms. The van der Waals surface area contributed by atoms with Crippen LogP contribution in [-0.2, 0) is 4.79 Å². The van der Waals surface area contributed by atoms with Crippen LogP contribution in [0.3, 0.4) is 0 Å². The summed E-state index contributed by atoms with van der Waals surface area (Å²) in [5.41, 5.74) is 2.98. The Balaban J connectivity index is 1.34. The van der Waals surface area contributed by atoms with Crippen LogP contribution in [0, 0.1) is 17.6 Å². The molecule has 0 aliphatic carbocycles. The molecule has 1 heterocycles. The number of hydrogen-bond acceptors (Lipinski definition) is 3. The molecule has 1 fully saturated rings. The lowest BCUT2D eigenvalue weighted by molar-refractivity contribution is -0.118. The zero-order valence-electron chi connectivity index (χ0n) is 20.9. The van der Waals surface area contributed by atoms with Crippen molar-refractivity contribution in [3.63, 3.8) is 0 Å². The minimum absolute atomic E-state index is 0.0261. The summed E-state index contributed by atoms with van der Waals surface area (Å²) < 4.78 is 33.3. The number of halogens is 2. The molecule has 3 aromatic carbocycles. The van der Waals surface area contributed by atoms with Crippen LogP contribution in [-0.4, -0.2) is 30.4 Å². The summed E-state index contributed by atoms with van der Waals surface area (Å²) in [6, 6.07) is 20.6. The Morgan fingerprint density at radius 2 is 1.69 bits per heavy atom. The summed E-state index contributed by atoms with van der Waals surface area (Å²) in [6.45, 7) is 6.53. The molecule has 0 saturated carbocycles. The molecule has 6 heteroatoms. The van der Waals surface area contributed by atoms with E-state index in [1.807, 2.05) is 26.0 Å². The Morgan fingerprint density at radius 1 is 0.972 bits per heavy atom. The fourth-order valence-electron chi connectivity index (χ4n) is 4.62. The summed E-state index contributed by atoms with van der Waals surface area (Å²) in [5, 5.41) is 2.99. The van der Waals surface area contributed by atoms with Crippen LogP contribution in [0.1, 0.15) is 56.3 Å². The highest BCUT2D eigenvalue weighted by Crippen LogP contribution is 2.31. The molecule has 0 spiro atoms. The van der Waals surface area contributed by atoms with E-state index in [4.69, 9.17) is 4.74 Å². The fraction of sp³-hybridized carbons (Fsp3) is 0.367. The number of carbonyl (C=O) groups excluding carboxylic acids is 1. The molecule has 1 unspecified atom stereocenters. The second kappa shape index (κ2) is 12.1. The van der Waals surface area contributed by atoms with Crippen molar-refractivity contribution in [3.8, 4) is 5.75 Å². The first kappa shape index (κ1) is 25.8. The Hall–Kier alpha value is -3.25. The monoisotopic (exact) mass is 492 g/mol. The van der Waals surface area contributed by atoms with Crippen molar-refractivity contribution in [2.24, 2.45) is 5.92 Å². The maximum atomic E-state index is 13.7. The normalized spacial score (nSPS) is 15.6. The van der Waals surface area contributed by atoms with Gasteiger partial charge in [0.1, 0.15) is 23.5 Å². The first-order valence-corrected chi connectivity index (χ1v) is 12.7. The van der Waals surface area contributed by atoms with Gasteiger partial charge in [-0.25, -0.2) is 8.78 Å². The SMILES string of the molecule is CC(C)C(=O)Nc1cccc(C2CCN(CCC(Oc3cccc(F)c3)c3ccc(F)cc3)CC2)c1. The third-order valence-electron chi connectivity index (χ3n) is 6.76. The predicted octanol–water partition coefficient (Wildman–Crippen LogP) is 6.95. The lowest BCUT2D eigenvalue weighted by atomic mass is 9.89. The summed E-state index contributed by atoms with van der Waals surface area (Å²) in [4.78, 5) is 14.5. The van der Waals surface area contributed by atoms with E-state index in [-0.39, 0.29) is 29.6 Å². The van der Waals surface area contributed by atoms with E-state index >= 15 is 0 Å². The zero-order valence-corrected chi connectivity index (χ0v) is 20.9. The highest BCUT2D eigenvalue weighted by Gasteiger charge is 2.23. The van der Waals surface area contributed by atoms with Crippen molar-refractivity contribution in [1.82, 2.24) is 4.90 Å². The van der Waals surface area contributed by atoms with Crippen molar-refractivity contribution in [1.29, 1.82) is 0 Å². The molecular formula is C30H34F2N2O2. The minimum atomic E-state index is -0.347. The average Bonchev–Trinajstić information content (AvgIpc) is 2.87. The van der Waals surface area contributed by atoms with Crippen molar-refractivity contribution in [2.75, 3.05) is 25.0 Å². The van der Waals surface area contributed by atoms with E-state index in [2.05, 4.69) is 22.3 Å². The average molecular weight is 493 g/mol. The van der Waals surface area contributed by atoms with Gasteiger partial charge in [0.05, 0.1) is 0 Å². The lowest BCUT2D eigenvalue weighted by Gasteiger charge is -2.33. The summed E-state index contributed by atoms with van der Waals surface area (Å²) >= 11 is 0. The zero-order chi connectivity index (χ0) is 25.5. The first-order chi connectivity index (χ1) is 17.4. The van der Waals surface area contributed by atoms with Crippen LogP contribution in [0.25, 0.3) is 0 Å². The van der Waals surface area contributed by atoms with Crippen molar-refractivity contribution in [2.45, 2.75) is 45.1 Å². The molecule has 1 aliphatic rings. The molecule has 1 atom stereocenters. The van der Waals surface area contributed by atoms with E-state index in [0.717, 1.165) is 43.7 Å². The highest BCUT2D eigenvalue weighted by atomic mass is 19.1. The van der Waals surface area contributed by atoms with E-state index in [1.165, 1.54) is 29.8 Å². The van der Waals surface area contributed by atoms with Gasteiger partial charge in [-0.05, 0) is 79.4 Å². The van der Waals surface area contributed by atoms with Crippen LogP contribution < -0.4 is 10.1 Å². The van der Waals surface area contributed by atoms with Gasteiger partial charge in [0.15, 0.2) is 0 Å². The van der Waals surface area contributed by atoms with E-state index < -0.39 is 0 Å². The predicted molar refractivity (Wildman–Crippen MR) is 139 cm³/mol. The Labute approximate surface area is 212 Å². The van der Waals surface area contributed by atoms with Crippen LogP contribution in [0.4, 0.5) is 14.5 Å². The van der Waals surface area contributed by atoms with Crippen LogP contribution in [0.15, 0.2) is 72.8 Å². The highest BCUT2D eigenvalue weighted by molar-refractivity contribution is 5.92. The molecular weight excluding hydrogens is 458 g/mol. The summed E-state index contributed by atoms with van der Waals surface area (Å²) in [5.74, 6) is 0.248. The first-order valence-electron chi connectivity index (χ1n) is 12.7. The molecule has 4 nitrogen and oxygen atoms in total. The maximum Gasteiger partial charge on any atom is 0.226 e. The summed E-state index contributed by atoms with van der Waals surface area (Å²) in [6.07, 6.45) is 2.48. The quantitative estimate of drug-likeness (QED) is 0.351. The van der Waals surface area contributed by atoms with Gasteiger partial charge in [-0.2, -0.15) is 0 Å². The standard InChI is InChI=1S/C30H34F2N2O2/c1-21(2)30(35)33-27-7-3-5-24(19-27)22-13-16-34(17-14-22)18-15-29(23-9-11-25(31)12-10-23)36-28-8-4-6-26(32)20-28/h3-12,19-22,29H,13-18H2,1-2H3,(H,33,35). The van der Waals surface area contributed by atoms with Crippen molar-refractivity contribution in [3.05, 3.63) is 95.6 Å². The molecule has 3 aromatic rings. The number of benzene rings is 3. The maximum absolute atomic E-state index is 13.7. The van der Waals surface area contributed by atoms with Gasteiger partial charge in [-0.1, -0.05) is 44.2 Å². The van der Waals surface area contributed by atoms with E-state index in [1.54, 1.807) is 24.3 Å². The molecule has 4 rings (SSSR count). The largest absolute Gasteiger partial charge is 0.486 e. The molecule has 0 bridgehead atoms. The number of carbonyl (C=O) groups is 1. The minimum Gasteiger partial charge on any atom is -0.486 e. The number of amides is 1. The molecule has 1 N–H and O–H groups in total. The molecule has 0 radical (unpaired) electrons. The van der Waals surface area contributed by atoms with E-state index in [0.29, 0.717) is 18.1 Å². The van der Waals surface area contributed by atoms with Gasteiger partial charge < -0.3 is 15.0 Å². The number of likely N-dealkylation sites (tertiary alicyclic amines) is 1. The van der Waals surface area contributed by atoms with Crippen molar-refractivity contribution >= 4 is 11.6 Å². The van der Waals surface area contributed by atoms with Crippen LogP contribution in [0.2, 0.25) is 0 Å². The summed E-state index contributed by atoms with van der Waals surface area (Å²) in [7, 11) is 0. The number of anilines is 1. The molecule has 1 amide bonds. The van der Waals surface area contributed by atoms with Gasteiger partial charge in [0.2, 0.25) is 5.91 Å². The van der Waals surface area contributed by atoms with Gasteiger partial charge in [-0.3, -0.25) is 4.79 Å². The Morgan fingerprint density at radius 3 is 2.39 bits per heavy atom. The topological polar surface area (TPSA) is 41.6 Å². The molecule has 190 valence electrons. The van der Waals surface area contributed by atoms with Crippen LogP contribution >= 0.6 is 0 Å².